The van der Waals surface area contributed by atoms with E-state index in [-0.39, 0.29) is 6.61 Å². The van der Waals surface area contributed by atoms with Crippen LogP contribution in [0.5, 0.6) is 11.5 Å². The van der Waals surface area contributed by atoms with Gasteiger partial charge in [0.15, 0.2) is 24.7 Å². The summed E-state index contributed by atoms with van der Waals surface area (Å²) in [4.78, 5) is 24.2. The number of benzene rings is 3. The van der Waals surface area contributed by atoms with Gasteiger partial charge in [0.25, 0.3) is 5.91 Å². The second-order valence-corrected chi connectivity index (χ2v) is 6.47. The molecule has 0 fully saturated rings. The third kappa shape index (κ3) is 6.10. The Kier molecular flexibility index (Phi) is 7.44. The first-order valence-electron chi connectivity index (χ1n) is 9.49. The van der Waals surface area contributed by atoms with Gasteiger partial charge in [0.1, 0.15) is 0 Å². The zero-order valence-corrected chi connectivity index (χ0v) is 16.7. The SMILES string of the molecule is COc1ccccc1OCC(=O)OCC(=O)Nc1ccccc1Cc1ccccc1. The van der Waals surface area contributed by atoms with Crippen LogP contribution in [0.25, 0.3) is 0 Å². The van der Waals surface area contributed by atoms with Crippen LogP contribution in [0.2, 0.25) is 0 Å². The number of ether oxygens (including phenoxy) is 3. The molecule has 0 bridgehead atoms. The zero-order valence-electron chi connectivity index (χ0n) is 16.7. The van der Waals surface area contributed by atoms with Crippen LogP contribution in [0.1, 0.15) is 11.1 Å². The van der Waals surface area contributed by atoms with Crippen molar-refractivity contribution < 1.29 is 23.8 Å². The Morgan fingerprint density at radius 3 is 2.23 bits per heavy atom. The van der Waals surface area contributed by atoms with Crippen molar-refractivity contribution in [1.82, 2.24) is 0 Å². The molecular weight excluding hydrogens is 382 g/mol. The fourth-order valence-corrected chi connectivity index (χ4v) is 2.86. The summed E-state index contributed by atoms with van der Waals surface area (Å²) in [6.45, 7) is -0.716. The van der Waals surface area contributed by atoms with Crippen LogP contribution in [0.4, 0.5) is 5.69 Å². The van der Waals surface area contributed by atoms with Gasteiger partial charge in [-0.05, 0) is 35.7 Å². The average molecular weight is 405 g/mol. The Balaban J connectivity index is 1.49. The number of hydrogen-bond acceptors (Lipinski definition) is 5. The van der Waals surface area contributed by atoms with Crippen LogP contribution >= 0.6 is 0 Å². The molecule has 3 rings (SSSR count). The van der Waals surface area contributed by atoms with Gasteiger partial charge < -0.3 is 19.5 Å². The molecule has 3 aromatic rings. The summed E-state index contributed by atoms with van der Waals surface area (Å²) < 4.78 is 15.6. The zero-order chi connectivity index (χ0) is 21.2. The minimum atomic E-state index is -0.645. The number of hydrogen-bond donors (Lipinski definition) is 1. The Hall–Kier alpha value is -3.80. The van der Waals surface area contributed by atoms with Gasteiger partial charge in [0, 0.05) is 5.69 Å². The molecule has 0 unspecified atom stereocenters. The number of anilines is 1. The van der Waals surface area contributed by atoms with Crippen LogP contribution in [0.3, 0.4) is 0 Å². The lowest BCUT2D eigenvalue weighted by molar-refractivity contribution is -0.149. The average Bonchev–Trinajstić information content (AvgIpc) is 2.78. The Morgan fingerprint density at radius 2 is 1.47 bits per heavy atom. The molecule has 0 saturated carbocycles. The van der Waals surface area contributed by atoms with E-state index >= 15 is 0 Å². The molecule has 0 saturated heterocycles. The van der Waals surface area contributed by atoms with Crippen molar-refractivity contribution in [2.24, 2.45) is 0 Å². The van der Waals surface area contributed by atoms with E-state index in [4.69, 9.17) is 14.2 Å². The molecule has 30 heavy (non-hydrogen) atoms. The smallest absolute Gasteiger partial charge is 0.344 e. The van der Waals surface area contributed by atoms with Crippen LogP contribution in [0.15, 0.2) is 78.9 Å². The first kappa shape index (κ1) is 20.9. The van der Waals surface area contributed by atoms with Crippen LogP contribution < -0.4 is 14.8 Å². The molecule has 1 amide bonds. The minimum absolute atomic E-state index is 0.321. The lowest BCUT2D eigenvalue weighted by Gasteiger charge is -2.12. The van der Waals surface area contributed by atoms with Crippen molar-refractivity contribution in [3.63, 3.8) is 0 Å². The number of carbonyl (C=O) groups is 2. The summed E-state index contributed by atoms with van der Waals surface area (Å²) >= 11 is 0. The molecule has 6 heteroatoms. The molecule has 0 aromatic heterocycles. The van der Waals surface area contributed by atoms with Gasteiger partial charge in [-0.25, -0.2) is 4.79 Å². The first-order valence-corrected chi connectivity index (χ1v) is 9.49. The predicted molar refractivity (Wildman–Crippen MR) is 114 cm³/mol. The molecule has 154 valence electrons. The lowest BCUT2D eigenvalue weighted by atomic mass is 10.0. The van der Waals surface area contributed by atoms with E-state index in [1.807, 2.05) is 54.6 Å². The minimum Gasteiger partial charge on any atom is -0.493 e. The third-order valence-corrected chi connectivity index (χ3v) is 4.31. The molecular formula is C24H23NO5. The maximum Gasteiger partial charge on any atom is 0.344 e. The predicted octanol–water partition coefficient (Wildman–Crippen LogP) is 3.85. The molecule has 0 aliphatic carbocycles. The number of methoxy groups -OCH3 is 1. The van der Waals surface area contributed by atoms with Crippen molar-refractivity contribution in [2.45, 2.75) is 6.42 Å². The van der Waals surface area contributed by atoms with Gasteiger partial charge in [0.2, 0.25) is 0 Å². The summed E-state index contributed by atoms with van der Waals surface area (Å²) in [5.41, 5.74) is 2.80. The van der Waals surface area contributed by atoms with Crippen molar-refractivity contribution in [2.75, 3.05) is 25.6 Å². The largest absolute Gasteiger partial charge is 0.493 e. The maximum atomic E-state index is 12.2. The number of para-hydroxylation sites is 3. The van der Waals surface area contributed by atoms with Crippen molar-refractivity contribution in [3.05, 3.63) is 90.0 Å². The molecule has 0 atom stereocenters. The fraction of sp³-hybridized carbons (Fsp3) is 0.167. The van der Waals surface area contributed by atoms with Gasteiger partial charge in [0.05, 0.1) is 7.11 Å². The van der Waals surface area contributed by atoms with E-state index in [0.29, 0.717) is 23.6 Å². The highest BCUT2D eigenvalue weighted by Crippen LogP contribution is 2.25. The topological polar surface area (TPSA) is 73.9 Å². The van der Waals surface area contributed by atoms with E-state index in [2.05, 4.69) is 5.32 Å². The molecule has 6 nitrogen and oxygen atoms in total. The third-order valence-electron chi connectivity index (χ3n) is 4.31. The van der Waals surface area contributed by atoms with Gasteiger partial charge >= 0.3 is 5.97 Å². The second-order valence-electron chi connectivity index (χ2n) is 6.47. The molecule has 0 radical (unpaired) electrons. The van der Waals surface area contributed by atoms with Gasteiger partial charge in [-0.15, -0.1) is 0 Å². The Morgan fingerprint density at radius 1 is 0.800 bits per heavy atom. The van der Waals surface area contributed by atoms with E-state index in [0.717, 1.165) is 11.1 Å². The van der Waals surface area contributed by atoms with E-state index in [9.17, 15) is 9.59 Å². The molecule has 0 aliphatic rings. The van der Waals surface area contributed by atoms with Crippen LogP contribution in [-0.4, -0.2) is 32.2 Å². The number of rotatable bonds is 9. The lowest BCUT2D eigenvalue weighted by Crippen LogP contribution is -2.24. The highest BCUT2D eigenvalue weighted by atomic mass is 16.6. The van der Waals surface area contributed by atoms with E-state index in [1.165, 1.54) is 7.11 Å². The number of esters is 1. The summed E-state index contributed by atoms with van der Waals surface area (Å²) in [6.07, 6.45) is 0.684. The summed E-state index contributed by atoms with van der Waals surface area (Å²) in [7, 11) is 1.51. The fourth-order valence-electron chi connectivity index (χ4n) is 2.86. The van der Waals surface area contributed by atoms with Crippen molar-refractivity contribution in [3.8, 4) is 11.5 Å². The summed E-state index contributed by atoms with van der Waals surface area (Å²) in [6, 6.07) is 24.5. The molecule has 0 spiro atoms. The molecule has 0 heterocycles. The number of carbonyl (C=O) groups excluding carboxylic acids is 2. The van der Waals surface area contributed by atoms with E-state index in [1.54, 1.807) is 24.3 Å². The van der Waals surface area contributed by atoms with E-state index < -0.39 is 18.5 Å². The van der Waals surface area contributed by atoms with Gasteiger partial charge in [-0.2, -0.15) is 0 Å². The van der Waals surface area contributed by atoms with Crippen LogP contribution in [0, 0.1) is 0 Å². The standard InChI is InChI=1S/C24H23NO5/c1-28-21-13-7-8-14-22(21)29-17-24(27)30-16-23(26)25-20-12-6-5-11-19(20)15-18-9-3-2-4-10-18/h2-14H,15-17H2,1H3,(H,25,26). The van der Waals surface area contributed by atoms with Crippen LogP contribution in [-0.2, 0) is 20.7 Å². The van der Waals surface area contributed by atoms with Crippen molar-refractivity contribution >= 4 is 17.6 Å². The maximum absolute atomic E-state index is 12.2. The molecule has 0 aliphatic heterocycles. The summed E-state index contributed by atoms with van der Waals surface area (Å²) in [5, 5.41) is 2.80. The Bertz CT molecular complexity index is 988. The summed E-state index contributed by atoms with van der Waals surface area (Å²) in [5.74, 6) is -0.121. The number of nitrogens with one attached hydrogen (secondary N) is 1. The normalized spacial score (nSPS) is 10.2. The molecule has 3 aromatic carbocycles. The van der Waals surface area contributed by atoms with Gasteiger partial charge in [-0.1, -0.05) is 60.7 Å². The molecule has 1 N–H and O–H groups in total. The highest BCUT2D eigenvalue weighted by Gasteiger charge is 2.12. The highest BCUT2D eigenvalue weighted by molar-refractivity contribution is 5.93. The Labute approximate surface area is 175 Å². The number of amides is 1. The first-order chi connectivity index (χ1) is 14.7. The monoisotopic (exact) mass is 405 g/mol. The second kappa shape index (κ2) is 10.7. The quantitative estimate of drug-likeness (QED) is 0.548. The van der Waals surface area contributed by atoms with Crippen molar-refractivity contribution in [1.29, 1.82) is 0 Å². The van der Waals surface area contributed by atoms with Gasteiger partial charge in [-0.3, -0.25) is 4.79 Å².